The summed E-state index contributed by atoms with van der Waals surface area (Å²) in [6.07, 6.45) is 0.541. The van der Waals surface area contributed by atoms with Gasteiger partial charge in [-0.15, -0.1) is 0 Å². The van der Waals surface area contributed by atoms with E-state index in [2.05, 4.69) is 5.32 Å². The molecule has 0 aliphatic carbocycles. The molecule has 1 unspecified atom stereocenters. The highest BCUT2D eigenvalue weighted by molar-refractivity contribution is 8.15. The number of benzene rings is 3. The van der Waals surface area contributed by atoms with Crippen LogP contribution in [0.25, 0.3) is 0 Å². The number of hydrogen-bond donors (Lipinski definition) is 1. The normalized spacial score (nSPS) is 16.4. The number of nitrogens with one attached hydrogen (secondary N) is 1. The minimum absolute atomic E-state index is 0.0805. The summed E-state index contributed by atoms with van der Waals surface area (Å²) in [7, 11) is 1.62. The van der Waals surface area contributed by atoms with E-state index in [1.54, 1.807) is 24.1 Å². The molecule has 6 nitrogen and oxygen atoms in total. The van der Waals surface area contributed by atoms with E-state index in [1.165, 1.54) is 23.9 Å². The third-order valence-electron chi connectivity index (χ3n) is 6.04. The van der Waals surface area contributed by atoms with Gasteiger partial charge in [0.15, 0.2) is 5.17 Å². The first-order valence-electron chi connectivity index (χ1n) is 11.7. The molecular weight excluding hydrogens is 477 g/mol. The molecule has 1 N–H and O–H groups in total. The number of amides is 2. The quantitative estimate of drug-likeness (QED) is 0.429. The van der Waals surface area contributed by atoms with Crippen molar-refractivity contribution in [3.05, 3.63) is 89.2 Å². The zero-order chi connectivity index (χ0) is 25.7. The summed E-state index contributed by atoms with van der Waals surface area (Å²) in [4.78, 5) is 32.4. The Hall–Kier alpha value is -3.65. The molecule has 1 aliphatic heterocycles. The Labute approximate surface area is 214 Å². The van der Waals surface area contributed by atoms with Crippen molar-refractivity contribution in [3.8, 4) is 5.75 Å². The number of hydrogen-bond acceptors (Lipinski definition) is 5. The minimum Gasteiger partial charge on any atom is -0.497 e. The van der Waals surface area contributed by atoms with Crippen molar-refractivity contribution in [2.24, 2.45) is 4.99 Å². The molecule has 0 aromatic heterocycles. The van der Waals surface area contributed by atoms with Crippen LogP contribution in [0.1, 0.15) is 23.1 Å². The van der Waals surface area contributed by atoms with Crippen molar-refractivity contribution < 1.29 is 18.7 Å². The number of ether oxygens (including phenoxy) is 1. The average molecular weight is 506 g/mol. The second kappa shape index (κ2) is 11.4. The van der Waals surface area contributed by atoms with Crippen molar-refractivity contribution in [1.29, 1.82) is 0 Å². The fraction of sp³-hybridized carbons (Fsp3) is 0.250. The van der Waals surface area contributed by atoms with Gasteiger partial charge in [-0.1, -0.05) is 42.1 Å². The van der Waals surface area contributed by atoms with E-state index in [0.717, 1.165) is 28.1 Å². The predicted octanol–water partition coefficient (Wildman–Crippen LogP) is 5.65. The predicted molar refractivity (Wildman–Crippen MR) is 142 cm³/mol. The molecule has 186 valence electrons. The first kappa shape index (κ1) is 25.4. The van der Waals surface area contributed by atoms with Crippen LogP contribution >= 0.6 is 11.8 Å². The average Bonchev–Trinajstić information content (AvgIpc) is 3.15. The molecule has 1 saturated heterocycles. The standard InChI is InChI=1S/C28H28FN3O3S/c1-18-8-11-21(16-19(18)2)30-28-32(15-14-20-9-12-22(35-3)13-10-20)27(34)25(36-28)17-26(33)31-24-7-5-4-6-23(24)29/h4-13,16,25H,14-15,17H2,1-3H3,(H,31,33). The van der Waals surface area contributed by atoms with E-state index >= 15 is 0 Å². The van der Waals surface area contributed by atoms with E-state index < -0.39 is 17.0 Å². The first-order valence-corrected chi connectivity index (χ1v) is 12.5. The molecule has 0 radical (unpaired) electrons. The molecule has 1 aliphatic rings. The molecule has 1 fully saturated rings. The largest absolute Gasteiger partial charge is 0.497 e. The van der Waals surface area contributed by atoms with Crippen molar-refractivity contribution in [3.63, 3.8) is 0 Å². The number of nitrogens with zero attached hydrogens (tertiary/aromatic N) is 2. The van der Waals surface area contributed by atoms with Crippen LogP contribution in [0.4, 0.5) is 15.8 Å². The molecule has 4 rings (SSSR count). The highest BCUT2D eigenvalue weighted by Gasteiger charge is 2.39. The van der Waals surface area contributed by atoms with Gasteiger partial charge in [0.25, 0.3) is 0 Å². The van der Waals surface area contributed by atoms with E-state index in [0.29, 0.717) is 18.1 Å². The van der Waals surface area contributed by atoms with Gasteiger partial charge in [0.2, 0.25) is 11.8 Å². The van der Waals surface area contributed by atoms with Gasteiger partial charge in [-0.2, -0.15) is 0 Å². The minimum atomic E-state index is -0.641. The monoisotopic (exact) mass is 505 g/mol. The number of amidine groups is 1. The molecular formula is C28H28FN3O3S. The number of methoxy groups -OCH3 is 1. The summed E-state index contributed by atoms with van der Waals surface area (Å²) in [5, 5.41) is 2.48. The van der Waals surface area contributed by atoms with Gasteiger partial charge in [-0.3, -0.25) is 14.5 Å². The van der Waals surface area contributed by atoms with Crippen LogP contribution in [0.5, 0.6) is 5.75 Å². The zero-order valence-corrected chi connectivity index (χ0v) is 21.3. The SMILES string of the molecule is COc1ccc(CCN2C(=O)C(CC(=O)Nc3ccccc3F)SC2=Nc2ccc(C)c(C)c2)cc1. The molecule has 1 atom stereocenters. The highest BCUT2D eigenvalue weighted by Crippen LogP contribution is 2.32. The van der Waals surface area contributed by atoms with Crippen LogP contribution in [0.2, 0.25) is 0 Å². The first-order chi connectivity index (χ1) is 17.3. The van der Waals surface area contributed by atoms with Gasteiger partial charge in [0.05, 0.1) is 18.5 Å². The van der Waals surface area contributed by atoms with Crippen LogP contribution in [-0.2, 0) is 16.0 Å². The number of carbonyl (C=O) groups is 2. The number of para-hydroxylation sites is 1. The number of halogens is 1. The Morgan fingerprint density at radius 2 is 1.83 bits per heavy atom. The van der Waals surface area contributed by atoms with Crippen molar-refractivity contribution >= 4 is 40.1 Å². The smallest absolute Gasteiger partial charge is 0.242 e. The lowest BCUT2D eigenvalue weighted by atomic mass is 10.1. The highest BCUT2D eigenvalue weighted by atomic mass is 32.2. The van der Waals surface area contributed by atoms with Crippen molar-refractivity contribution in [2.45, 2.75) is 31.9 Å². The molecule has 2 amide bonds. The third-order valence-corrected chi connectivity index (χ3v) is 7.21. The molecule has 8 heteroatoms. The topological polar surface area (TPSA) is 71.0 Å². The Bertz CT molecular complexity index is 1290. The Balaban J connectivity index is 1.52. The number of rotatable bonds is 8. The fourth-order valence-electron chi connectivity index (χ4n) is 3.80. The van der Waals surface area contributed by atoms with Gasteiger partial charge >= 0.3 is 0 Å². The maximum atomic E-state index is 14.0. The van der Waals surface area contributed by atoms with E-state index in [-0.39, 0.29) is 18.0 Å². The van der Waals surface area contributed by atoms with Crippen LogP contribution in [0, 0.1) is 19.7 Å². The van der Waals surface area contributed by atoms with Crippen molar-refractivity contribution in [2.75, 3.05) is 19.0 Å². The second-order valence-electron chi connectivity index (χ2n) is 8.59. The Morgan fingerprint density at radius 1 is 1.08 bits per heavy atom. The summed E-state index contributed by atoms with van der Waals surface area (Å²) in [5.41, 5.74) is 4.17. The molecule has 3 aromatic carbocycles. The number of aryl methyl sites for hydroxylation is 2. The summed E-state index contributed by atoms with van der Waals surface area (Å²) in [5.74, 6) is -0.355. The van der Waals surface area contributed by atoms with Gasteiger partial charge in [0.1, 0.15) is 16.8 Å². The molecule has 0 spiro atoms. The van der Waals surface area contributed by atoms with Gasteiger partial charge < -0.3 is 10.1 Å². The fourth-order valence-corrected chi connectivity index (χ4v) is 4.99. The Kier molecular flexibility index (Phi) is 8.05. The van der Waals surface area contributed by atoms with E-state index in [9.17, 15) is 14.0 Å². The zero-order valence-electron chi connectivity index (χ0n) is 20.5. The van der Waals surface area contributed by atoms with Crippen molar-refractivity contribution in [1.82, 2.24) is 4.90 Å². The lowest BCUT2D eigenvalue weighted by Crippen LogP contribution is -2.35. The summed E-state index contributed by atoms with van der Waals surface area (Å²) in [6, 6.07) is 19.6. The van der Waals surface area contributed by atoms with Crippen LogP contribution in [0.15, 0.2) is 71.7 Å². The molecule has 0 saturated carbocycles. The maximum Gasteiger partial charge on any atom is 0.242 e. The van der Waals surface area contributed by atoms with E-state index in [4.69, 9.17) is 9.73 Å². The summed E-state index contributed by atoms with van der Waals surface area (Å²) < 4.78 is 19.2. The number of aliphatic imine (C=N–C) groups is 1. The van der Waals surface area contributed by atoms with Gasteiger partial charge in [0, 0.05) is 13.0 Å². The molecule has 36 heavy (non-hydrogen) atoms. The molecule has 1 heterocycles. The molecule has 3 aromatic rings. The second-order valence-corrected chi connectivity index (χ2v) is 9.76. The lowest BCUT2D eigenvalue weighted by molar-refractivity contribution is -0.128. The number of carbonyl (C=O) groups excluding carboxylic acids is 2. The maximum absolute atomic E-state index is 14.0. The summed E-state index contributed by atoms with van der Waals surface area (Å²) >= 11 is 1.27. The third kappa shape index (κ3) is 6.12. The summed E-state index contributed by atoms with van der Waals surface area (Å²) in [6.45, 7) is 4.47. The van der Waals surface area contributed by atoms with Gasteiger partial charge in [-0.05, 0) is 73.4 Å². The van der Waals surface area contributed by atoms with Crippen LogP contribution in [-0.4, -0.2) is 40.8 Å². The Morgan fingerprint density at radius 3 is 2.53 bits per heavy atom. The van der Waals surface area contributed by atoms with Crippen LogP contribution in [0.3, 0.4) is 0 Å². The van der Waals surface area contributed by atoms with Crippen LogP contribution < -0.4 is 10.1 Å². The van der Waals surface area contributed by atoms with E-state index in [1.807, 2.05) is 56.3 Å². The number of anilines is 1. The molecule has 0 bridgehead atoms. The number of thioether (sulfide) groups is 1. The van der Waals surface area contributed by atoms with Gasteiger partial charge in [-0.25, -0.2) is 9.38 Å². The lowest BCUT2D eigenvalue weighted by Gasteiger charge is -2.17.